The van der Waals surface area contributed by atoms with Crippen molar-refractivity contribution in [1.82, 2.24) is 19.9 Å². The van der Waals surface area contributed by atoms with Crippen LogP contribution >= 0.6 is 11.3 Å². The van der Waals surface area contributed by atoms with E-state index in [2.05, 4.69) is 31.7 Å². The first-order chi connectivity index (χ1) is 16.8. The zero-order valence-electron chi connectivity index (χ0n) is 20.1. The number of rotatable bonds is 9. The second-order valence-electron chi connectivity index (χ2n) is 8.09. The minimum absolute atomic E-state index is 0.183. The van der Waals surface area contributed by atoms with Crippen LogP contribution in [0.25, 0.3) is 11.1 Å². The summed E-state index contributed by atoms with van der Waals surface area (Å²) in [5.41, 5.74) is 2.30. The number of aromatic nitrogens is 3. The Balaban J connectivity index is 1.75. The van der Waals surface area contributed by atoms with E-state index >= 15 is 0 Å². The van der Waals surface area contributed by atoms with Gasteiger partial charge in [-0.1, -0.05) is 13.0 Å². The lowest BCUT2D eigenvalue weighted by Crippen LogP contribution is -2.18. The maximum atomic E-state index is 12.7. The van der Waals surface area contributed by atoms with Gasteiger partial charge in [0.1, 0.15) is 6.07 Å². The van der Waals surface area contributed by atoms with Crippen LogP contribution in [0, 0.1) is 11.3 Å². The first-order valence-corrected chi connectivity index (χ1v) is 11.9. The molecule has 3 aromatic heterocycles. The number of nitriles is 1. The van der Waals surface area contributed by atoms with Gasteiger partial charge in [0, 0.05) is 53.4 Å². The molecule has 9 nitrogen and oxygen atoms in total. The molecule has 0 saturated heterocycles. The first-order valence-electron chi connectivity index (χ1n) is 11.0. The minimum atomic E-state index is -0.465. The summed E-state index contributed by atoms with van der Waals surface area (Å²) in [6.45, 7) is 4.45. The predicted molar refractivity (Wildman–Crippen MR) is 137 cm³/mol. The van der Waals surface area contributed by atoms with E-state index in [4.69, 9.17) is 0 Å². The van der Waals surface area contributed by atoms with Gasteiger partial charge in [-0.15, -0.1) is 11.3 Å². The van der Waals surface area contributed by atoms with Crippen LogP contribution in [0.5, 0.6) is 0 Å². The van der Waals surface area contributed by atoms with Crippen LogP contribution in [0.4, 0.5) is 10.9 Å². The average Bonchev–Trinajstić information content (AvgIpc) is 3.31. The molecule has 2 N–H and O–H groups in total. The summed E-state index contributed by atoms with van der Waals surface area (Å²) in [6.07, 6.45) is 10.6. The van der Waals surface area contributed by atoms with Gasteiger partial charge in [0.05, 0.1) is 11.5 Å². The SMILES string of the molecule is CCc1cnc(NC(=O)C(C)c2cncc(-c3cnc(NC(=O)/C=C/CN(C)C)c(C#N)c3)c2)s1. The molecule has 0 fully saturated rings. The average molecular weight is 490 g/mol. The van der Waals surface area contributed by atoms with Gasteiger partial charge in [-0.05, 0) is 45.1 Å². The molecule has 0 radical (unpaired) electrons. The molecule has 180 valence electrons. The summed E-state index contributed by atoms with van der Waals surface area (Å²) in [5.74, 6) is -0.828. The van der Waals surface area contributed by atoms with Crippen molar-refractivity contribution in [1.29, 1.82) is 5.26 Å². The number of hydrogen-bond donors (Lipinski definition) is 2. The summed E-state index contributed by atoms with van der Waals surface area (Å²) < 4.78 is 0. The molecule has 10 heteroatoms. The van der Waals surface area contributed by atoms with Gasteiger partial charge in [-0.2, -0.15) is 5.26 Å². The Bertz CT molecular complexity index is 1280. The van der Waals surface area contributed by atoms with Crippen molar-refractivity contribution in [3.05, 3.63) is 65.1 Å². The standard InChI is InChI=1S/C25H27N7O2S/c1-5-21-15-29-25(35-21)31-24(34)16(2)18-10-19(13-27-12-18)20-9-17(11-26)23(28-14-20)30-22(33)7-6-8-32(3)4/h6-7,9-10,12-16H,5,8H2,1-4H3,(H,28,30,33)(H,29,31,34)/b7-6+. The molecule has 0 aromatic carbocycles. The van der Waals surface area contributed by atoms with Crippen molar-refractivity contribution >= 4 is 34.1 Å². The van der Waals surface area contributed by atoms with Crippen LogP contribution < -0.4 is 10.6 Å². The molecule has 35 heavy (non-hydrogen) atoms. The van der Waals surface area contributed by atoms with E-state index in [-0.39, 0.29) is 23.2 Å². The van der Waals surface area contributed by atoms with Crippen molar-refractivity contribution in [2.75, 3.05) is 31.3 Å². The Morgan fingerprint density at radius 2 is 1.91 bits per heavy atom. The Morgan fingerprint density at radius 1 is 1.14 bits per heavy atom. The third-order valence-electron chi connectivity index (χ3n) is 5.11. The Kier molecular flexibility index (Phi) is 8.78. The number of carbonyl (C=O) groups is 2. The topological polar surface area (TPSA) is 124 Å². The molecule has 0 aliphatic carbocycles. The Hall–Kier alpha value is -3.94. The second kappa shape index (κ2) is 12.0. The zero-order valence-corrected chi connectivity index (χ0v) is 20.9. The molecule has 1 atom stereocenters. The highest BCUT2D eigenvalue weighted by Gasteiger charge is 2.18. The number of nitrogens with one attached hydrogen (secondary N) is 2. The molecule has 3 heterocycles. The lowest BCUT2D eigenvalue weighted by atomic mass is 9.98. The molecule has 2 amide bonds. The summed E-state index contributed by atoms with van der Waals surface area (Å²) >= 11 is 1.45. The van der Waals surface area contributed by atoms with Crippen LogP contribution in [-0.2, 0) is 16.0 Å². The van der Waals surface area contributed by atoms with E-state index in [1.165, 1.54) is 17.4 Å². The second-order valence-corrected chi connectivity index (χ2v) is 9.20. The molecule has 0 spiro atoms. The fraction of sp³-hybridized carbons (Fsp3) is 0.280. The Labute approximate surface area is 208 Å². The van der Waals surface area contributed by atoms with Crippen LogP contribution in [0.2, 0.25) is 0 Å². The van der Waals surface area contributed by atoms with Crippen LogP contribution in [0.15, 0.2) is 49.1 Å². The van der Waals surface area contributed by atoms with E-state index < -0.39 is 5.92 Å². The number of amides is 2. The number of pyridine rings is 2. The van der Waals surface area contributed by atoms with Gasteiger partial charge in [0.2, 0.25) is 11.8 Å². The highest BCUT2D eigenvalue weighted by molar-refractivity contribution is 7.15. The highest BCUT2D eigenvalue weighted by Crippen LogP contribution is 2.27. The van der Waals surface area contributed by atoms with Crippen molar-refractivity contribution in [3.8, 4) is 17.2 Å². The van der Waals surface area contributed by atoms with Crippen LogP contribution in [-0.4, -0.2) is 52.3 Å². The molecular weight excluding hydrogens is 462 g/mol. The van der Waals surface area contributed by atoms with Gasteiger partial charge >= 0.3 is 0 Å². The number of anilines is 2. The lowest BCUT2D eigenvalue weighted by molar-refractivity contribution is -0.117. The molecule has 1 unspecified atom stereocenters. The number of hydrogen-bond acceptors (Lipinski definition) is 8. The molecule has 0 bridgehead atoms. The van der Waals surface area contributed by atoms with Gasteiger partial charge in [0.25, 0.3) is 0 Å². The largest absolute Gasteiger partial charge is 0.306 e. The molecule has 0 aliphatic heterocycles. The molecule has 3 aromatic rings. The van der Waals surface area contributed by atoms with E-state index in [0.717, 1.165) is 11.3 Å². The van der Waals surface area contributed by atoms with Crippen molar-refractivity contribution in [2.45, 2.75) is 26.2 Å². The van der Waals surface area contributed by atoms with Crippen molar-refractivity contribution in [3.63, 3.8) is 0 Å². The maximum absolute atomic E-state index is 12.7. The summed E-state index contributed by atoms with van der Waals surface area (Å²) in [4.78, 5) is 40.7. The highest BCUT2D eigenvalue weighted by atomic mass is 32.1. The minimum Gasteiger partial charge on any atom is -0.306 e. The number of nitrogens with zero attached hydrogens (tertiary/aromatic N) is 5. The summed E-state index contributed by atoms with van der Waals surface area (Å²) in [6, 6.07) is 5.56. The summed E-state index contributed by atoms with van der Waals surface area (Å²) in [7, 11) is 3.80. The normalized spacial score (nSPS) is 11.9. The predicted octanol–water partition coefficient (Wildman–Crippen LogP) is 3.83. The monoisotopic (exact) mass is 489 g/mol. The first kappa shape index (κ1) is 25.7. The van der Waals surface area contributed by atoms with Gasteiger partial charge in [-0.25, -0.2) is 9.97 Å². The molecular formula is C25H27N7O2S. The zero-order chi connectivity index (χ0) is 25.4. The van der Waals surface area contributed by atoms with E-state index in [1.54, 1.807) is 43.9 Å². The third kappa shape index (κ3) is 7.02. The molecule has 0 aliphatic rings. The van der Waals surface area contributed by atoms with Crippen LogP contribution in [0.3, 0.4) is 0 Å². The van der Waals surface area contributed by atoms with E-state index in [1.807, 2.05) is 32.0 Å². The molecule has 3 rings (SSSR count). The van der Waals surface area contributed by atoms with Gasteiger partial charge in [-0.3, -0.25) is 14.6 Å². The number of likely N-dealkylation sites (N-methyl/N-ethyl adjacent to an activating group) is 1. The maximum Gasteiger partial charge on any atom is 0.249 e. The quantitative estimate of drug-likeness (QED) is 0.438. The fourth-order valence-corrected chi connectivity index (χ4v) is 3.84. The number of aryl methyl sites for hydroxylation is 1. The van der Waals surface area contributed by atoms with E-state index in [9.17, 15) is 14.9 Å². The van der Waals surface area contributed by atoms with Gasteiger partial charge in [0.15, 0.2) is 10.9 Å². The lowest BCUT2D eigenvalue weighted by Gasteiger charge is -2.12. The van der Waals surface area contributed by atoms with Gasteiger partial charge < -0.3 is 15.5 Å². The van der Waals surface area contributed by atoms with Crippen LogP contribution in [0.1, 0.15) is 35.8 Å². The fourth-order valence-electron chi connectivity index (χ4n) is 3.08. The molecule has 0 saturated carbocycles. The number of carbonyl (C=O) groups excluding carboxylic acids is 2. The van der Waals surface area contributed by atoms with E-state index in [0.29, 0.717) is 28.4 Å². The van der Waals surface area contributed by atoms with Crippen molar-refractivity contribution in [2.24, 2.45) is 0 Å². The Morgan fingerprint density at radius 3 is 2.60 bits per heavy atom. The number of thiazole rings is 1. The smallest absolute Gasteiger partial charge is 0.249 e. The summed E-state index contributed by atoms with van der Waals surface area (Å²) in [5, 5.41) is 15.6. The van der Waals surface area contributed by atoms with Crippen molar-refractivity contribution < 1.29 is 9.59 Å². The third-order valence-corrected chi connectivity index (χ3v) is 6.16.